The zero-order valence-electron chi connectivity index (χ0n) is 30.1. The topological polar surface area (TPSA) is 3.24 Å². The minimum Gasteiger partial charge on any atom is -0.310 e. The first kappa shape index (κ1) is 31.1. The maximum Gasteiger partial charge on any atom is 0.0722 e. The molecule has 0 bridgehead atoms. The molecule has 1 heteroatoms. The lowest BCUT2D eigenvalue weighted by molar-refractivity contribution is 0.779. The highest BCUT2D eigenvalue weighted by Crippen LogP contribution is 2.63. The van der Waals surface area contributed by atoms with Crippen molar-refractivity contribution in [2.24, 2.45) is 0 Å². The van der Waals surface area contributed by atoms with Crippen LogP contribution in [-0.4, -0.2) is 0 Å². The lowest BCUT2D eigenvalue weighted by Gasteiger charge is -2.35. The van der Waals surface area contributed by atoms with Crippen LogP contribution in [0.2, 0.25) is 0 Å². The summed E-state index contributed by atoms with van der Waals surface area (Å²) in [7, 11) is 0. The monoisotopic (exact) mass is 669 g/mol. The van der Waals surface area contributed by atoms with Crippen LogP contribution >= 0.6 is 0 Å². The Morgan fingerprint density at radius 2 is 1.38 bits per heavy atom. The third-order valence-corrected chi connectivity index (χ3v) is 12.2. The van der Waals surface area contributed by atoms with Crippen LogP contribution in [0, 0.1) is 6.92 Å². The summed E-state index contributed by atoms with van der Waals surface area (Å²) in [5.41, 5.74) is 21.4. The summed E-state index contributed by atoms with van der Waals surface area (Å²) in [5, 5.41) is 0. The van der Waals surface area contributed by atoms with Gasteiger partial charge in [0, 0.05) is 23.0 Å². The Kier molecular flexibility index (Phi) is 7.32. The van der Waals surface area contributed by atoms with Gasteiger partial charge in [-0.1, -0.05) is 127 Å². The van der Waals surface area contributed by atoms with E-state index in [4.69, 9.17) is 0 Å². The quantitative estimate of drug-likeness (QED) is 0.180. The SMILES string of the molecule is CC1=C(N(c2ccc3c(c2)C2(C4=C(CCC=C4)c4ccccc42)c2ccccc2-3)c2ccc(C3=CCCC=C3)cc2C)C=CC(c2ccccc2)C1. The molecule has 0 aromatic heterocycles. The summed E-state index contributed by atoms with van der Waals surface area (Å²) in [6.07, 6.45) is 22.0. The van der Waals surface area contributed by atoms with Crippen molar-refractivity contribution in [3.05, 3.63) is 214 Å². The van der Waals surface area contributed by atoms with Crippen LogP contribution in [-0.2, 0) is 5.41 Å². The van der Waals surface area contributed by atoms with Gasteiger partial charge >= 0.3 is 0 Å². The molecule has 0 N–H and O–H groups in total. The van der Waals surface area contributed by atoms with Gasteiger partial charge in [0.25, 0.3) is 0 Å². The first-order valence-corrected chi connectivity index (χ1v) is 19.1. The van der Waals surface area contributed by atoms with E-state index < -0.39 is 0 Å². The molecule has 0 amide bonds. The minimum atomic E-state index is -0.334. The highest BCUT2D eigenvalue weighted by Gasteiger charge is 2.52. The van der Waals surface area contributed by atoms with Crippen LogP contribution in [0.1, 0.15) is 83.9 Å². The Morgan fingerprint density at radius 3 is 2.17 bits per heavy atom. The highest BCUT2D eigenvalue weighted by atomic mass is 15.2. The van der Waals surface area contributed by atoms with Crippen molar-refractivity contribution in [2.45, 2.75) is 57.3 Å². The molecule has 5 aliphatic rings. The highest BCUT2D eigenvalue weighted by molar-refractivity contribution is 5.97. The molecule has 0 radical (unpaired) electrons. The van der Waals surface area contributed by atoms with Gasteiger partial charge in [-0.05, 0) is 149 Å². The average molecular weight is 670 g/mol. The van der Waals surface area contributed by atoms with Crippen LogP contribution in [0.25, 0.3) is 22.3 Å². The molecule has 0 aliphatic heterocycles. The third kappa shape index (κ3) is 4.61. The fourth-order valence-electron chi connectivity index (χ4n) is 9.87. The van der Waals surface area contributed by atoms with Gasteiger partial charge in [-0.15, -0.1) is 0 Å². The van der Waals surface area contributed by atoms with Crippen molar-refractivity contribution in [1.82, 2.24) is 0 Å². The standard InChI is InChI=1S/C51H43N/c1-34-31-38(36-15-5-3-6-16-36)25-29-49(34)52(50-30-26-39(32-35(50)2)37-17-7-4-8-18-37)40-27-28-44-43-21-11-14-24-47(43)51(48(44)33-40)45-22-12-9-19-41(45)42-20-10-13-23-46(42)51/h3,5-7,9,11-19,21-30,32-33,38H,4,8,10,20,31H2,1-2H3. The number of anilines is 2. The van der Waals surface area contributed by atoms with E-state index >= 15 is 0 Å². The molecule has 0 heterocycles. The summed E-state index contributed by atoms with van der Waals surface area (Å²) in [5.74, 6) is 0.372. The van der Waals surface area contributed by atoms with E-state index in [9.17, 15) is 0 Å². The van der Waals surface area contributed by atoms with Crippen LogP contribution in [0.3, 0.4) is 0 Å². The molecule has 10 rings (SSSR count). The predicted octanol–water partition coefficient (Wildman–Crippen LogP) is 13.3. The van der Waals surface area contributed by atoms with Gasteiger partial charge in [0.15, 0.2) is 0 Å². The summed E-state index contributed by atoms with van der Waals surface area (Å²) < 4.78 is 0. The van der Waals surface area contributed by atoms with Gasteiger partial charge in [-0.25, -0.2) is 0 Å². The molecule has 52 heavy (non-hydrogen) atoms. The summed E-state index contributed by atoms with van der Waals surface area (Å²) in [6, 6.07) is 43.8. The number of rotatable bonds is 5. The van der Waals surface area contributed by atoms with Gasteiger partial charge in [0.2, 0.25) is 0 Å². The summed E-state index contributed by atoms with van der Waals surface area (Å²) in [6.45, 7) is 4.63. The molecule has 1 spiro atoms. The Balaban J connectivity index is 1.18. The second kappa shape index (κ2) is 12.2. The molecule has 5 aromatic rings. The zero-order chi connectivity index (χ0) is 34.8. The van der Waals surface area contributed by atoms with Gasteiger partial charge in [-0.2, -0.15) is 0 Å². The first-order chi connectivity index (χ1) is 25.6. The van der Waals surface area contributed by atoms with Gasteiger partial charge in [0.1, 0.15) is 0 Å². The van der Waals surface area contributed by atoms with E-state index in [0.29, 0.717) is 5.92 Å². The lowest BCUT2D eigenvalue weighted by atomic mass is 9.69. The van der Waals surface area contributed by atoms with Gasteiger partial charge in [0.05, 0.1) is 5.41 Å². The largest absolute Gasteiger partial charge is 0.310 e. The number of aryl methyl sites for hydroxylation is 1. The molecule has 2 atom stereocenters. The zero-order valence-corrected chi connectivity index (χ0v) is 30.1. The van der Waals surface area contributed by atoms with Crippen LogP contribution in [0.4, 0.5) is 11.4 Å². The summed E-state index contributed by atoms with van der Waals surface area (Å²) in [4.78, 5) is 2.56. The van der Waals surface area contributed by atoms with Crippen molar-refractivity contribution in [3.63, 3.8) is 0 Å². The lowest BCUT2D eigenvalue weighted by Crippen LogP contribution is -2.27. The number of nitrogens with zero attached hydrogens (tertiary/aromatic N) is 1. The van der Waals surface area contributed by atoms with Crippen molar-refractivity contribution in [2.75, 3.05) is 4.90 Å². The Morgan fingerprint density at radius 1 is 0.635 bits per heavy atom. The minimum absolute atomic E-state index is 0.334. The van der Waals surface area contributed by atoms with Crippen LogP contribution < -0.4 is 4.90 Å². The summed E-state index contributed by atoms with van der Waals surface area (Å²) >= 11 is 0. The Labute approximate surface area is 308 Å². The average Bonchev–Trinajstić information content (AvgIpc) is 3.67. The maximum atomic E-state index is 2.56. The second-order valence-electron chi connectivity index (χ2n) is 15.1. The normalized spacial score (nSPS) is 20.9. The molecule has 2 unspecified atom stereocenters. The fraction of sp³-hybridized carbons (Fsp3) is 0.176. The van der Waals surface area contributed by atoms with Crippen LogP contribution in [0.5, 0.6) is 0 Å². The van der Waals surface area contributed by atoms with E-state index in [2.05, 4.69) is 177 Å². The molecule has 0 saturated carbocycles. The van der Waals surface area contributed by atoms with E-state index in [1.165, 1.54) is 89.4 Å². The smallest absolute Gasteiger partial charge is 0.0722 e. The molecule has 0 fully saturated rings. The molecule has 5 aromatic carbocycles. The van der Waals surface area contributed by atoms with E-state index in [0.717, 1.165) is 32.1 Å². The first-order valence-electron chi connectivity index (χ1n) is 19.1. The van der Waals surface area contributed by atoms with E-state index in [1.54, 1.807) is 0 Å². The third-order valence-electron chi connectivity index (χ3n) is 12.2. The number of fused-ring (bicyclic) bond motifs is 9. The van der Waals surface area contributed by atoms with Crippen molar-refractivity contribution >= 4 is 22.5 Å². The molecule has 1 nitrogen and oxygen atoms in total. The van der Waals surface area contributed by atoms with E-state index in [-0.39, 0.29) is 5.41 Å². The van der Waals surface area contributed by atoms with Crippen LogP contribution in [0.15, 0.2) is 175 Å². The second-order valence-corrected chi connectivity index (χ2v) is 15.1. The van der Waals surface area contributed by atoms with Gasteiger partial charge < -0.3 is 4.90 Å². The van der Waals surface area contributed by atoms with Crippen molar-refractivity contribution in [1.29, 1.82) is 0 Å². The Hall–Kier alpha value is -5.66. The predicted molar refractivity (Wildman–Crippen MR) is 219 cm³/mol. The maximum absolute atomic E-state index is 2.56. The molecular weight excluding hydrogens is 627 g/mol. The van der Waals surface area contributed by atoms with E-state index in [1.807, 2.05) is 0 Å². The molecular formula is C51H43N. The molecule has 0 saturated heterocycles. The van der Waals surface area contributed by atoms with Gasteiger partial charge in [-0.3, -0.25) is 0 Å². The van der Waals surface area contributed by atoms with Crippen molar-refractivity contribution < 1.29 is 0 Å². The number of benzene rings is 5. The number of hydrogen-bond acceptors (Lipinski definition) is 1. The number of hydrogen-bond donors (Lipinski definition) is 0. The fourth-order valence-corrected chi connectivity index (χ4v) is 9.87. The molecule has 252 valence electrons. The molecule has 5 aliphatic carbocycles. The Bertz CT molecular complexity index is 2460. The van der Waals surface area contributed by atoms with Crippen molar-refractivity contribution in [3.8, 4) is 11.1 Å². The number of allylic oxidation sites excluding steroid dienone is 11.